The summed E-state index contributed by atoms with van der Waals surface area (Å²) in [7, 11) is 1.34. The number of hydrogen-bond donors (Lipinski definition) is 2. The second-order valence-electron chi connectivity index (χ2n) is 5.28. The standard InChI is InChI=1S/C17H20ClNO3S/c1-11-9-12(13-5-3-4-6-14(13)18)10-15(16(23)7-8-20)19(11)17(21)22-2/h3-6,9-10,12,16,20,23H,7-8H2,1-2H3. The molecule has 1 aromatic carbocycles. The molecule has 4 nitrogen and oxygen atoms in total. The average Bonchev–Trinajstić information content (AvgIpc) is 2.54. The van der Waals surface area contributed by atoms with Crippen molar-refractivity contribution in [2.45, 2.75) is 24.5 Å². The zero-order valence-electron chi connectivity index (χ0n) is 13.1. The summed E-state index contributed by atoms with van der Waals surface area (Å²) in [5, 5.41) is 9.58. The summed E-state index contributed by atoms with van der Waals surface area (Å²) >= 11 is 10.8. The summed E-state index contributed by atoms with van der Waals surface area (Å²) in [6.07, 6.45) is 3.87. The Morgan fingerprint density at radius 2 is 2.13 bits per heavy atom. The molecule has 0 fully saturated rings. The van der Waals surface area contributed by atoms with Crippen LogP contribution in [0.3, 0.4) is 0 Å². The summed E-state index contributed by atoms with van der Waals surface area (Å²) in [6.45, 7) is 1.83. The first-order valence-corrected chi connectivity index (χ1v) is 8.20. The SMILES string of the molecule is COC(=O)N1C(C)=CC(c2ccccc2Cl)C=C1C(S)CCO. The Hall–Kier alpha value is -1.43. The first-order chi connectivity index (χ1) is 11.0. The third kappa shape index (κ3) is 3.91. The Bertz CT molecular complexity index is 644. The molecule has 1 amide bonds. The largest absolute Gasteiger partial charge is 0.452 e. The van der Waals surface area contributed by atoms with Crippen molar-refractivity contribution in [1.82, 2.24) is 4.90 Å². The van der Waals surface area contributed by atoms with Gasteiger partial charge in [0.15, 0.2) is 0 Å². The number of benzene rings is 1. The first-order valence-electron chi connectivity index (χ1n) is 7.31. The molecule has 1 N–H and O–H groups in total. The molecule has 2 unspecified atom stereocenters. The highest BCUT2D eigenvalue weighted by Gasteiger charge is 2.30. The molecular weight excluding hydrogens is 334 g/mol. The number of allylic oxidation sites excluding steroid dienone is 3. The van der Waals surface area contributed by atoms with E-state index in [0.717, 1.165) is 11.3 Å². The number of amides is 1. The van der Waals surface area contributed by atoms with E-state index >= 15 is 0 Å². The number of nitrogens with zero attached hydrogens (tertiary/aromatic N) is 1. The second kappa shape index (κ2) is 7.90. The van der Waals surface area contributed by atoms with Crippen molar-refractivity contribution < 1.29 is 14.6 Å². The zero-order valence-corrected chi connectivity index (χ0v) is 14.7. The summed E-state index contributed by atoms with van der Waals surface area (Å²) in [6, 6.07) is 7.60. The van der Waals surface area contributed by atoms with Gasteiger partial charge in [0.05, 0.1) is 7.11 Å². The van der Waals surface area contributed by atoms with Crippen LogP contribution < -0.4 is 0 Å². The van der Waals surface area contributed by atoms with Gasteiger partial charge in [-0.2, -0.15) is 12.6 Å². The molecule has 1 heterocycles. The molecule has 0 spiro atoms. The summed E-state index contributed by atoms with van der Waals surface area (Å²) < 4.78 is 4.87. The molecule has 0 aliphatic carbocycles. The first kappa shape index (κ1) is 17.9. The van der Waals surface area contributed by atoms with Gasteiger partial charge in [-0.25, -0.2) is 4.79 Å². The maximum absolute atomic E-state index is 12.1. The molecule has 0 aromatic heterocycles. The van der Waals surface area contributed by atoms with Gasteiger partial charge in [0.1, 0.15) is 0 Å². The van der Waals surface area contributed by atoms with Gasteiger partial charge in [-0.05, 0) is 25.0 Å². The van der Waals surface area contributed by atoms with Gasteiger partial charge in [-0.3, -0.25) is 4.90 Å². The van der Waals surface area contributed by atoms with E-state index in [0.29, 0.717) is 17.1 Å². The molecule has 2 atom stereocenters. The Kier molecular flexibility index (Phi) is 6.16. The van der Waals surface area contributed by atoms with E-state index in [-0.39, 0.29) is 17.8 Å². The second-order valence-corrected chi connectivity index (χ2v) is 6.31. The third-order valence-corrected chi connectivity index (χ3v) is 4.61. The van der Waals surface area contributed by atoms with Crippen LogP contribution in [0.4, 0.5) is 4.79 Å². The number of halogens is 1. The van der Waals surface area contributed by atoms with Crippen LogP contribution in [0.5, 0.6) is 0 Å². The zero-order chi connectivity index (χ0) is 17.0. The van der Waals surface area contributed by atoms with E-state index in [2.05, 4.69) is 12.6 Å². The molecule has 6 heteroatoms. The number of carbonyl (C=O) groups is 1. The highest BCUT2D eigenvalue weighted by atomic mass is 35.5. The van der Waals surface area contributed by atoms with Crippen LogP contribution in [0.25, 0.3) is 0 Å². The van der Waals surface area contributed by atoms with Gasteiger partial charge in [-0.1, -0.05) is 42.0 Å². The summed E-state index contributed by atoms with van der Waals surface area (Å²) in [5.41, 5.74) is 2.40. The fourth-order valence-corrected chi connectivity index (χ4v) is 3.22. The smallest absolute Gasteiger partial charge is 0.418 e. The molecule has 0 saturated heterocycles. The van der Waals surface area contributed by atoms with Crippen LogP contribution in [0, 0.1) is 0 Å². The highest BCUT2D eigenvalue weighted by molar-refractivity contribution is 7.81. The summed E-state index contributed by atoms with van der Waals surface area (Å²) in [5.74, 6) is -0.0621. The lowest BCUT2D eigenvalue weighted by atomic mass is 9.92. The van der Waals surface area contributed by atoms with Crippen molar-refractivity contribution in [3.63, 3.8) is 0 Å². The maximum Gasteiger partial charge on any atom is 0.418 e. The summed E-state index contributed by atoms with van der Waals surface area (Å²) in [4.78, 5) is 13.6. The molecule has 0 saturated carbocycles. The van der Waals surface area contributed by atoms with Gasteiger partial charge in [0.25, 0.3) is 0 Å². The normalized spacial score (nSPS) is 19.0. The van der Waals surface area contributed by atoms with Gasteiger partial charge < -0.3 is 9.84 Å². The number of rotatable bonds is 4. The van der Waals surface area contributed by atoms with Gasteiger partial charge in [-0.15, -0.1) is 0 Å². The Labute approximate surface area is 146 Å². The minimum Gasteiger partial charge on any atom is -0.452 e. The lowest BCUT2D eigenvalue weighted by Gasteiger charge is -2.33. The van der Waals surface area contributed by atoms with E-state index in [1.54, 1.807) is 0 Å². The van der Waals surface area contributed by atoms with Gasteiger partial charge >= 0.3 is 6.09 Å². The number of carbonyl (C=O) groups excluding carboxylic acids is 1. The molecule has 1 aliphatic heterocycles. The molecule has 23 heavy (non-hydrogen) atoms. The number of aliphatic hydroxyl groups is 1. The van der Waals surface area contributed by atoms with Crippen LogP contribution in [0.2, 0.25) is 5.02 Å². The van der Waals surface area contributed by atoms with E-state index < -0.39 is 6.09 Å². The molecule has 0 radical (unpaired) electrons. The van der Waals surface area contributed by atoms with E-state index in [9.17, 15) is 9.90 Å². The average molecular weight is 354 g/mol. The van der Waals surface area contributed by atoms with Crippen molar-refractivity contribution in [2.24, 2.45) is 0 Å². The van der Waals surface area contributed by atoms with Gasteiger partial charge in [0, 0.05) is 34.2 Å². The van der Waals surface area contributed by atoms with Crippen molar-refractivity contribution in [3.05, 3.63) is 58.4 Å². The lowest BCUT2D eigenvalue weighted by Crippen LogP contribution is -2.35. The molecule has 1 aliphatic rings. The van der Waals surface area contributed by atoms with Crippen molar-refractivity contribution in [1.29, 1.82) is 0 Å². The monoisotopic (exact) mass is 353 g/mol. The Morgan fingerprint density at radius 3 is 2.74 bits per heavy atom. The molecule has 124 valence electrons. The lowest BCUT2D eigenvalue weighted by molar-refractivity contribution is 0.143. The fourth-order valence-electron chi connectivity index (χ4n) is 2.64. The van der Waals surface area contributed by atoms with Crippen molar-refractivity contribution in [2.75, 3.05) is 13.7 Å². The van der Waals surface area contributed by atoms with Crippen molar-refractivity contribution in [3.8, 4) is 0 Å². The van der Waals surface area contributed by atoms with Crippen molar-refractivity contribution >= 4 is 30.3 Å². The third-order valence-electron chi connectivity index (χ3n) is 3.75. The number of thiol groups is 1. The number of hydrogen-bond acceptors (Lipinski definition) is 4. The van der Waals surface area contributed by atoms with Crippen LogP contribution in [-0.4, -0.2) is 35.1 Å². The fraction of sp³-hybridized carbons (Fsp3) is 0.353. The van der Waals surface area contributed by atoms with E-state index in [4.69, 9.17) is 16.3 Å². The number of methoxy groups -OCH3 is 1. The predicted molar refractivity (Wildman–Crippen MR) is 94.8 cm³/mol. The number of ether oxygens (including phenoxy) is 1. The quantitative estimate of drug-likeness (QED) is 0.805. The molecule has 2 rings (SSSR count). The van der Waals surface area contributed by atoms with Crippen LogP contribution in [0.15, 0.2) is 47.8 Å². The topological polar surface area (TPSA) is 49.8 Å². The van der Waals surface area contributed by atoms with Gasteiger partial charge in [0.2, 0.25) is 0 Å². The van der Waals surface area contributed by atoms with Crippen LogP contribution in [-0.2, 0) is 4.74 Å². The predicted octanol–water partition coefficient (Wildman–Crippen LogP) is 3.97. The molecule has 0 bridgehead atoms. The van der Waals surface area contributed by atoms with E-state index in [1.807, 2.05) is 43.3 Å². The van der Waals surface area contributed by atoms with Crippen LogP contribution in [0.1, 0.15) is 24.8 Å². The maximum atomic E-state index is 12.1. The number of aliphatic hydroxyl groups excluding tert-OH is 1. The molecule has 1 aromatic rings. The van der Waals surface area contributed by atoms with Crippen LogP contribution >= 0.6 is 24.2 Å². The minimum absolute atomic E-state index is 0.0138. The Morgan fingerprint density at radius 1 is 1.43 bits per heavy atom. The minimum atomic E-state index is -0.473. The van der Waals surface area contributed by atoms with E-state index in [1.165, 1.54) is 12.0 Å². The Balaban J connectivity index is 2.46. The molecular formula is C17H20ClNO3S. The highest BCUT2D eigenvalue weighted by Crippen LogP contribution is 2.36.